The molecule has 29 heavy (non-hydrogen) atoms. The molecule has 3 rings (SSSR count). The molecule has 150 valence electrons. The van der Waals surface area contributed by atoms with Crippen molar-refractivity contribution >= 4 is 27.1 Å². The lowest BCUT2D eigenvalue weighted by Gasteiger charge is -2.17. The summed E-state index contributed by atoms with van der Waals surface area (Å²) < 4.78 is 32.1. The number of hydrogen-bond donors (Lipinski definition) is 2. The molecule has 1 amide bonds. The van der Waals surface area contributed by atoms with Gasteiger partial charge in [-0.1, -0.05) is 24.3 Å². The maximum Gasteiger partial charge on any atom is 0.255 e. The van der Waals surface area contributed by atoms with Crippen molar-refractivity contribution in [3.63, 3.8) is 0 Å². The van der Waals surface area contributed by atoms with Crippen LogP contribution in [-0.4, -0.2) is 21.4 Å². The smallest absolute Gasteiger partial charge is 0.255 e. The zero-order valence-corrected chi connectivity index (χ0v) is 17.2. The fourth-order valence-corrected chi connectivity index (χ4v) is 4.73. The Hall–Kier alpha value is -3.32. The van der Waals surface area contributed by atoms with Gasteiger partial charge in [-0.3, -0.25) is 4.79 Å². The van der Waals surface area contributed by atoms with Crippen molar-refractivity contribution in [1.29, 1.82) is 0 Å². The highest BCUT2D eigenvalue weighted by Crippen LogP contribution is 2.39. The second-order valence-electron chi connectivity index (χ2n) is 6.71. The molecule has 0 fully saturated rings. The summed E-state index contributed by atoms with van der Waals surface area (Å²) in [6.45, 7) is 3.65. The molecule has 6 nitrogen and oxygen atoms in total. The first-order valence-electron chi connectivity index (χ1n) is 8.90. The molecular formula is C22H22N2O4S. The monoisotopic (exact) mass is 410 g/mol. The van der Waals surface area contributed by atoms with Crippen LogP contribution in [-0.2, 0) is 9.84 Å². The van der Waals surface area contributed by atoms with Crippen LogP contribution >= 0.6 is 0 Å². The number of carbonyl (C=O) groups excluding carboxylic acids is 1. The zero-order valence-electron chi connectivity index (χ0n) is 16.4. The number of ether oxygens (including phenoxy) is 1. The van der Waals surface area contributed by atoms with E-state index in [1.54, 1.807) is 42.5 Å². The van der Waals surface area contributed by atoms with Crippen LogP contribution in [0.4, 0.5) is 11.4 Å². The number of sulfone groups is 1. The number of methoxy groups -OCH3 is 1. The van der Waals surface area contributed by atoms with Gasteiger partial charge in [0, 0.05) is 5.56 Å². The van der Waals surface area contributed by atoms with Crippen LogP contribution in [0, 0.1) is 13.8 Å². The van der Waals surface area contributed by atoms with Crippen molar-refractivity contribution in [2.75, 3.05) is 18.2 Å². The molecule has 0 aliphatic rings. The summed E-state index contributed by atoms with van der Waals surface area (Å²) in [7, 11) is -2.57. The minimum absolute atomic E-state index is 0.0144. The Morgan fingerprint density at radius 3 is 2.17 bits per heavy atom. The molecule has 0 radical (unpaired) electrons. The van der Waals surface area contributed by atoms with Crippen LogP contribution in [0.1, 0.15) is 21.5 Å². The summed E-state index contributed by atoms with van der Waals surface area (Å²) in [4.78, 5) is 12.8. The van der Waals surface area contributed by atoms with Gasteiger partial charge in [0.15, 0.2) is 5.75 Å². The van der Waals surface area contributed by atoms with Gasteiger partial charge in [0.05, 0.1) is 22.6 Å². The molecule has 0 spiro atoms. The second kappa shape index (κ2) is 7.97. The highest BCUT2D eigenvalue weighted by molar-refractivity contribution is 7.91. The first-order chi connectivity index (χ1) is 13.7. The Balaban J connectivity index is 2.18. The number of rotatable bonds is 5. The van der Waals surface area contributed by atoms with E-state index in [1.807, 2.05) is 19.9 Å². The fourth-order valence-electron chi connectivity index (χ4n) is 3.13. The van der Waals surface area contributed by atoms with E-state index in [2.05, 4.69) is 5.32 Å². The standard InChI is InChI=1S/C22H22N2O4S/c1-14-11-15(2)13-17(12-14)29(26,27)19-10-9-18(23)21(28-3)20(19)24-22(25)16-7-5-4-6-8-16/h4-13H,23H2,1-3H3,(H,24,25). The number of nitrogen functional groups attached to an aromatic ring is 1. The third-order valence-corrected chi connectivity index (χ3v) is 6.20. The summed E-state index contributed by atoms with van der Waals surface area (Å²) in [5, 5.41) is 2.67. The number of anilines is 2. The van der Waals surface area contributed by atoms with Crippen molar-refractivity contribution in [2.24, 2.45) is 0 Å². The molecule has 0 bridgehead atoms. The van der Waals surface area contributed by atoms with Crippen molar-refractivity contribution in [1.82, 2.24) is 0 Å². The SMILES string of the molecule is COc1c(N)ccc(S(=O)(=O)c2cc(C)cc(C)c2)c1NC(=O)c1ccccc1. The molecule has 3 aromatic rings. The van der Waals surface area contributed by atoms with Crippen LogP contribution in [0.15, 0.2) is 70.5 Å². The van der Waals surface area contributed by atoms with Crippen LogP contribution in [0.2, 0.25) is 0 Å². The molecule has 0 aliphatic heterocycles. The average Bonchev–Trinajstić information content (AvgIpc) is 2.68. The molecular weight excluding hydrogens is 388 g/mol. The van der Waals surface area contributed by atoms with Gasteiger partial charge in [0.1, 0.15) is 5.69 Å². The first-order valence-corrected chi connectivity index (χ1v) is 10.4. The van der Waals surface area contributed by atoms with Crippen LogP contribution in [0.3, 0.4) is 0 Å². The molecule has 0 heterocycles. The third kappa shape index (κ3) is 4.09. The number of amides is 1. The molecule has 0 unspecified atom stereocenters. The van der Waals surface area contributed by atoms with E-state index < -0.39 is 15.7 Å². The number of hydrogen-bond acceptors (Lipinski definition) is 5. The Kier molecular flexibility index (Phi) is 5.61. The highest BCUT2D eigenvalue weighted by atomic mass is 32.2. The molecule has 3 aromatic carbocycles. The van der Waals surface area contributed by atoms with Crippen LogP contribution < -0.4 is 15.8 Å². The van der Waals surface area contributed by atoms with E-state index in [4.69, 9.17) is 10.5 Å². The molecule has 3 N–H and O–H groups in total. The van der Waals surface area contributed by atoms with Crippen molar-refractivity contribution in [3.05, 3.63) is 77.4 Å². The number of nitrogens with two attached hydrogens (primary N) is 1. The molecule has 0 aliphatic carbocycles. The van der Waals surface area contributed by atoms with E-state index in [1.165, 1.54) is 19.2 Å². The van der Waals surface area contributed by atoms with E-state index in [-0.39, 0.29) is 26.9 Å². The van der Waals surface area contributed by atoms with Gasteiger partial charge in [0.2, 0.25) is 9.84 Å². The van der Waals surface area contributed by atoms with E-state index in [0.717, 1.165) is 11.1 Å². The van der Waals surface area contributed by atoms with Gasteiger partial charge >= 0.3 is 0 Å². The summed E-state index contributed by atoms with van der Waals surface area (Å²) in [5.74, 6) is -0.369. The lowest BCUT2D eigenvalue weighted by molar-refractivity contribution is 0.102. The quantitative estimate of drug-likeness (QED) is 0.620. The van der Waals surface area contributed by atoms with Gasteiger partial charge in [0.25, 0.3) is 5.91 Å². The number of benzene rings is 3. The summed E-state index contributed by atoms with van der Waals surface area (Å²) in [6.07, 6.45) is 0. The second-order valence-corrected chi connectivity index (χ2v) is 8.63. The normalized spacial score (nSPS) is 11.1. The summed E-state index contributed by atoms with van der Waals surface area (Å²) >= 11 is 0. The summed E-state index contributed by atoms with van der Waals surface area (Å²) in [5.41, 5.74) is 8.23. The van der Waals surface area contributed by atoms with Crippen LogP contribution in [0.5, 0.6) is 5.75 Å². The predicted octanol–water partition coefficient (Wildman–Crippen LogP) is 3.98. The van der Waals surface area contributed by atoms with Crippen molar-refractivity contribution < 1.29 is 17.9 Å². The molecule has 0 saturated carbocycles. The van der Waals surface area contributed by atoms with Gasteiger partial charge in [-0.2, -0.15) is 0 Å². The molecule has 0 saturated heterocycles. The highest BCUT2D eigenvalue weighted by Gasteiger charge is 2.27. The average molecular weight is 410 g/mol. The maximum atomic E-state index is 13.4. The summed E-state index contributed by atoms with van der Waals surface area (Å²) in [6, 6.07) is 16.4. The minimum Gasteiger partial charge on any atom is -0.492 e. The number of nitrogens with one attached hydrogen (secondary N) is 1. The first kappa shape index (κ1) is 20.4. The molecule has 7 heteroatoms. The lowest BCUT2D eigenvalue weighted by atomic mass is 10.2. The minimum atomic E-state index is -3.94. The third-order valence-electron chi connectivity index (χ3n) is 4.42. The number of carbonyl (C=O) groups is 1. The Morgan fingerprint density at radius 1 is 0.966 bits per heavy atom. The zero-order chi connectivity index (χ0) is 21.2. The lowest BCUT2D eigenvalue weighted by Crippen LogP contribution is -2.16. The topological polar surface area (TPSA) is 98.5 Å². The van der Waals surface area contributed by atoms with E-state index >= 15 is 0 Å². The Labute approximate surface area is 170 Å². The number of aryl methyl sites for hydroxylation is 2. The predicted molar refractivity (Wildman–Crippen MR) is 113 cm³/mol. The van der Waals surface area contributed by atoms with Crippen molar-refractivity contribution in [3.8, 4) is 5.75 Å². The van der Waals surface area contributed by atoms with Gasteiger partial charge in [-0.25, -0.2) is 8.42 Å². The van der Waals surface area contributed by atoms with Gasteiger partial charge in [-0.15, -0.1) is 0 Å². The molecule has 0 aromatic heterocycles. The van der Waals surface area contributed by atoms with Gasteiger partial charge < -0.3 is 15.8 Å². The van der Waals surface area contributed by atoms with Crippen LogP contribution in [0.25, 0.3) is 0 Å². The van der Waals surface area contributed by atoms with Crippen molar-refractivity contribution in [2.45, 2.75) is 23.6 Å². The largest absolute Gasteiger partial charge is 0.492 e. The van der Waals surface area contributed by atoms with E-state index in [0.29, 0.717) is 5.56 Å². The van der Waals surface area contributed by atoms with E-state index in [9.17, 15) is 13.2 Å². The Morgan fingerprint density at radius 2 is 1.59 bits per heavy atom. The van der Waals surface area contributed by atoms with Gasteiger partial charge in [-0.05, 0) is 61.4 Å². The molecule has 0 atom stereocenters. The maximum absolute atomic E-state index is 13.4. The Bertz CT molecular complexity index is 1150. The fraction of sp³-hybridized carbons (Fsp3) is 0.136.